The van der Waals surface area contributed by atoms with Crippen molar-refractivity contribution in [1.29, 1.82) is 0 Å². The molecule has 1 rings (SSSR count). The van der Waals surface area contributed by atoms with Crippen LogP contribution in [0, 0.1) is 5.92 Å². The highest BCUT2D eigenvalue weighted by atomic mass is 16.3. The number of oxazole rings is 1. The summed E-state index contributed by atoms with van der Waals surface area (Å²) in [6.07, 6.45) is 2.34. The van der Waals surface area contributed by atoms with Crippen molar-refractivity contribution in [2.24, 2.45) is 5.92 Å². The third-order valence-corrected chi connectivity index (χ3v) is 2.31. The van der Waals surface area contributed by atoms with Crippen LogP contribution < -0.4 is 10.6 Å². The Morgan fingerprint density at radius 2 is 2.18 bits per heavy atom. The number of amides is 1. The largest absolute Gasteiger partial charge is 0.447 e. The van der Waals surface area contributed by atoms with Gasteiger partial charge in [-0.1, -0.05) is 13.8 Å². The molecule has 0 fully saturated rings. The van der Waals surface area contributed by atoms with Crippen molar-refractivity contribution in [3.63, 3.8) is 0 Å². The quantitative estimate of drug-likeness (QED) is 0.790. The van der Waals surface area contributed by atoms with E-state index in [4.69, 9.17) is 4.42 Å². The standard InChI is InChI=1S/C12H21N3O2/c1-8(2)5-9(3)14-12(16)10-7-17-11(15-10)6-13-4/h7-9,13H,5-6H2,1-4H3,(H,14,16). The van der Waals surface area contributed by atoms with Gasteiger partial charge in [0.2, 0.25) is 5.89 Å². The first-order valence-corrected chi connectivity index (χ1v) is 5.92. The topological polar surface area (TPSA) is 67.2 Å². The van der Waals surface area contributed by atoms with Crippen molar-refractivity contribution >= 4 is 5.91 Å². The van der Waals surface area contributed by atoms with Crippen molar-refractivity contribution in [2.75, 3.05) is 7.05 Å². The van der Waals surface area contributed by atoms with E-state index < -0.39 is 0 Å². The minimum atomic E-state index is -0.177. The Bertz CT molecular complexity index is 360. The van der Waals surface area contributed by atoms with Gasteiger partial charge >= 0.3 is 0 Å². The van der Waals surface area contributed by atoms with Gasteiger partial charge in [0.25, 0.3) is 5.91 Å². The number of hydrogen-bond donors (Lipinski definition) is 2. The predicted octanol–water partition coefficient (Wildman–Crippen LogP) is 1.56. The van der Waals surface area contributed by atoms with Gasteiger partial charge in [-0.25, -0.2) is 4.98 Å². The highest BCUT2D eigenvalue weighted by molar-refractivity contribution is 5.92. The molecule has 5 nitrogen and oxygen atoms in total. The number of carbonyl (C=O) groups excluding carboxylic acids is 1. The van der Waals surface area contributed by atoms with Crippen LogP contribution >= 0.6 is 0 Å². The lowest BCUT2D eigenvalue weighted by molar-refractivity contribution is 0.0931. The van der Waals surface area contributed by atoms with Crippen LogP contribution in [0.4, 0.5) is 0 Å². The molecule has 17 heavy (non-hydrogen) atoms. The molecule has 1 aromatic heterocycles. The maximum atomic E-state index is 11.8. The number of aromatic nitrogens is 1. The minimum Gasteiger partial charge on any atom is -0.447 e. The molecule has 0 radical (unpaired) electrons. The maximum absolute atomic E-state index is 11.8. The Balaban J connectivity index is 2.51. The molecule has 0 saturated carbocycles. The Kier molecular flexibility index (Phi) is 5.15. The van der Waals surface area contributed by atoms with E-state index in [0.29, 0.717) is 24.0 Å². The van der Waals surface area contributed by atoms with E-state index in [1.54, 1.807) is 7.05 Å². The van der Waals surface area contributed by atoms with Crippen LogP contribution in [0.1, 0.15) is 43.6 Å². The fraction of sp³-hybridized carbons (Fsp3) is 0.667. The van der Waals surface area contributed by atoms with Crippen LogP contribution in [0.3, 0.4) is 0 Å². The third-order valence-electron chi connectivity index (χ3n) is 2.31. The first-order valence-electron chi connectivity index (χ1n) is 5.92. The van der Waals surface area contributed by atoms with Crippen molar-refractivity contribution in [3.8, 4) is 0 Å². The first kappa shape index (κ1) is 13.7. The van der Waals surface area contributed by atoms with Gasteiger partial charge in [0.05, 0.1) is 6.54 Å². The summed E-state index contributed by atoms with van der Waals surface area (Å²) in [6.45, 7) is 6.77. The normalized spacial score (nSPS) is 12.8. The van der Waals surface area contributed by atoms with E-state index >= 15 is 0 Å². The molecule has 1 atom stereocenters. The van der Waals surface area contributed by atoms with E-state index in [0.717, 1.165) is 6.42 Å². The first-order chi connectivity index (χ1) is 8.02. The second-order valence-electron chi connectivity index (χ2n) is 4.66. The summed E-state index contributed by atoms with van der Waals surface area (Å²) in [5.41, 5.74) is 0.339. The Morgan fingerprint density at radius 1 is 1.47 bits per heavy atom. The molecule has 0 aliphatic heterocycles. The van der Waals surface area contributed by atoms with E-state index in [9.17, 15) is 4.79 Å². The monoisotopic (exact) mass is 239 g/mol. The maximum Gasteiger partial charge on any atom is 0.273 e. The van der Waals surface area contributed by atoms with Crippen LogP contribution in [0.25, 0.3) is 0 Å². The molecule has 1 aromatic rings. The van der Waals surface area contributed by atoms with Crippen LogP contribution in [0.15, 0.2) is 10.7 Å². The molecule has 0 saturated heterocycles. The number of nitrogens with one attached hydrogen (secondary N) is 2. The molecule has 0 aromatic carbocycles. The van der Waals surface area contributed by atoms with Crippen LogP contribution in [-0.4, -0.2) is 24.0 Å². The van der Waals surface area contributed by atoms with Crippen LogP contribution in [-0.2, 0) is 6.54 Å². The summed E-state index contributed by atoms with van der Waals surface area (Å²) in [7, 11) is 1.80. The smallest absolute Gasteiger partial charge is 0.273 e. The van der Waals surface area contributed by atoms with Crippen molar-refractivity contribution < 1.29 is 9.21 Å². The SMILES string of the molecule is CNCc1nc(C(=O)NC(C)CC(C)C)co1. The summed E-state index contributed by atoms with van der Waals surface area (Å²) in [6, 6.07) is 0.145. The Hall–Kier alpha value is -1.36. The zero-order valence-corrected chi connectivity index (χ0v) is 10.9. The molecule has 0 spiro atoms. The number of nitrogens with zero attached hydrogens (tertiary/aromatic N) is 1. The third kappa shape index (κ3) is 4.56. The molecule has 1 heterocycles. The molecular weight excluding hydrogens is 218 g/mol. The second-order valence-corrected chi connectivity index (χ2v) is 4.66. The van der Waals surface area contributed by atoms with E-state index in [1.807, 2.05) is 6.92 Å². The Labute approximate surface area is 102 Å². The molecule has 5 heteroatoms. The molecule has 0 aliphatic rings. The lowest BCUT2D eigenvalue weighted by Gasteiger charge is -2.14. The fourth-order valence-corrected chi connectivity index (χ4v) is 1.71. The summed E-state index contributed by atoms with van der Waals surface area (Å²) in [4.78, 5) is 15.9. The summed E-state index contributed by atoms with van der Waals surface area (Å²) >= 11 is 0. The van der Waals surface area contributed by atoms with Gasteiger partial charge in [-0.15, -0.1) is 0 Å². The van der Waals surface area contributed by atoms with Gasteiger partial charge in [0.1, 0.15) is 6.26 Å². The van der Waals surface area contributed by atoms with E-state index in [-0.39, 0.29) is 11.9 Å². The summed E-state index contributed by atoms with van der Waals surface area (Å²) < 4.78 is 5.15. The molecule has 96 valence electrons. The van der Waals surface area contributed by atoms with Crippen LogP contribution in [0.2, 0.25) is 0 Å². The Morgan fingerprint density at radius 3 is 2.76 bits per heavy atom. The zero-order valence-electron chi connectivity index (χ0n) is 10.9. The van der Waals surface area contributed by atoms with Crippen molar-refractivity contribution in [1.82, 2.24) is 15.6 Å². The van der Waals surface area contributed by atoms with Crippen LogP contribution in [0.5, 0.6) is 0 Å². The van der Waals surface area contributed by atoms with Gasteiger partial charge < -0.3 is 15.1 Å². The minimum absolute atomic E-state index is 0.145. The zero-order chi connectivity index (χ0) is 12.8. The van der Waals surface area contributed by atoms with E-state index in [2.05, 4.69) is 29.5 Å². The van der Waals surface area contributed by atoms with Gasteiger partial charge in [-0.2, -0.15) is 0 Å². The molecule has 0 bridgehead atoms. The lowest BCUT2D eigenvalue weighted by Crippen LogP contribution is -2.33. The highest BCUT2D eigenvalue weighted by Gasteiger charge is 2.14. The lowest BCUT2D eigenvalue weighted by atomic mass is 10.1. The summed E-state index contributed by atoms with van der Waals surface area (Å²) in [5, 5.41) is 5.82. The van der Waals surface area contributed by atoms with Crippen molar-refractivity contribution in [2.45, 2.75) is 39.8 Å². The second kappa shape index (κ2) is 6.39. The highest BCUT2D eigenvalue weighted by Crippen LogP contribution is 2.06. The molecule has 1 amide bonds. The van der Waals surface area contributed by atoms with E-state index in [1.165, 1.54) is 6.26 Å². The number of hydrogen-bond acceptors (Lipinski definition) is 4. The number of carbonyl (C=O) groups is 1. The van der Waals surface area contributed by atoms with Gasteiger partial charge in [0.15, 0.2) is 5.69 Å². The van der Waals surface area contributed by atoms with Gasteiger partial charge in [-0.3, -0.25) is 4.79 Å². The van der Waals surface area contributed by atoms with Gasteiger partial charge in [0, 0.05) is 6.04 Å². The predicted molar refractivity (Wildman–Crippen MR) is 65.6 cm³/mol. The fourth-order valence-electron chi connectivity index (χ4n) is 1.71. The van der Waals surface area contributed by atoms with Gasteiger partial charge in [-0.05, 0) is 26.3 Å². The molecule has 2 N–H and O–H groups in total. The number of rotatable bonds is 6. The molecular formula is C12H21N3O2. The molecule has 0 aliphatic carbocycles. The molecule has 1 unspecified atom stereocenters. The average molecular weight is 239 g/mol. The summed E-state index contributed by atoms with van der Waals surface area (Å²) in [5.74, 6) is 0.904. The van der Waals surface area contributed by atoms with Crippen molar-refractivity contribution in [3.05, 3.63) is 17.8 Å². The average Bonchev–Trinajstić information content (AvgIpc) is 2.65.